The van der Waals surface area contributed by atoms with Gasteiger partial charge in [0.05, 0.1) is 13.1 Å². The smallest absolute Gasteiger partial charge is 0.0585 e. The average Bonchev–Trinajstić information content (AvgIpc) is 2.74. The number of benzene rings is 2. The topological polar surface area (TPSA) is 31.2 Å². The van der Waals surface area contributed by atoms with Crippen LogP contribution < -0.4 is 9.80 Å². The van der Waals surface area contributed by atoms with E-state index in [1.54, 1.807) is 0 Å². The third-order valence-corrected chi connectivity index (χ3v) is 5.23. The lowest BCUT2D eigenvalue weighted by molar-refractivity contribution is 0.865. The largest absolute Gasteiger partial charge is 0.372 e. The number of aliphatic imine (C=N–C) groups is 2. The van der Waals surface area contributed by atoms with Gasteiger partial charge in [-0.2, -0.15) is 0 Å². The normalized spacial score (nSPS) is 11.5. The van der Waals surface area contributed by atoms with Gasteiger partial charge in [-0.3, -0.25) is 9.98 Å². The zero-order valence-electron chi connectivity index (χ0n) is 18.7. The molecule has 0 atom stereocenters. The molecule has 29 heavy (non-hydrogen) atoms. The van der Waals surface area contributed by atoms with Crippen LogP contribution >= 0.6 is 0 Å². The number of hydrogen-bond acceptors (Lipinski definition) is 4. The summed E-state index contributed by atoms with van der Waals surface area (Å²) in [7, 11) is 0. The van der Waals surface area contributed by atoms with Gasteiger partial charge in [0, 0.05) is 50.0 Å². The minimum atomic E-state index is 0.699. The van der Waals surface area contributed by atoms with Gasteiger partial charge in [-0.15, -0.1) is 0 Å². The van der Waals surface area contributed by atoms with Crippen molar-refractivity contribution in [3.05, 3.63) is 59.2 Å². The van der Waals surface area contributed by atoms with Crippen molar-refractivity contribution in [3.63, 3.8) is 0 Å². The van der Waals surface area contributed by atoms with Crippen LogP contribution in [0.4, 0.5) is 11.4 Å². The summed E-state index contributed by atoms with van der Waals surface area (Å²) in [6.07, 6.45) is 3.90. The summed E-state index contributed by atoms with van der Waals surface area (Å²) in [5.41, 5.74) is 6.11. The summed E-state index contributed by atoms with van der Waals surface area (Å²) < 4.78 is 0. The zero-order chi connectivity index (χ0) is 21.1. The summed E-state index contributed by atoms with van der Waals surface area (Å²) in [5, 5.41) is 0. The molecule has 0 bridgehead atoms. The molecule has 0 N–H and O–H groups in total. The van der Waals surface area contributed by atoms with E-state index in [1.807, 2.05) is 12.4 Å². The van der Waals surface area contributed by atoms with Gasteiger partial charge in [0.25, 0.3) is 0 Å². The van der Waals surface area contributed by atoms with Crippen molar-refractivity contribution in [3.8, 4) is 0 Å². The number of anilines is 2. The van der Waals surface area contributed by atoms with Crippen LogP contribution in [0.15, 0.2) is 52.4 Å². The van der Waals surface area contributed by atoms with Crippen LogP contribution in [0.3, 0.4) is 0 Å². The number of rotatable bonds is 11. The molecule has 0 saturated carbocycles. The van der Waals surface area contributed by atoms with Crippen molar-refractivity contribution < 1.29 is 0 Å². The van der Waals surface area contributed by atoms with Crippen LogP contribution in [-0.4, -0.2) is 51.7 Å². The van der Waals surface area contributed by atoms with Crippen LogP contribution in [0.25, 0.3) is 0 Å². The Kier molecular flexibility index (Phi) is 9.42. The second-order valence-corrected chi connectivity index (χ2v) is 7.05. The fourth-order valence-electron chi connectivity index (χ4n) is 3.40. The third kappa shape index (κ3) is 6.74. The van der Waals surface area contributed by atoms with E-state index in [4.69, 9.17) is 0 Å². The average molecular weight is 393 g/mol. The van der Waals surface area contributed by atoms with Crippen LogP contribution in [0.2, 0.25) is 0 Å². The minimum Gasteiger partial charge on any atom is -0.372 e. The molecule has 0 amide bonds. The number of nitrogens with zero attached hydrogens (tertiary/aromatic N) is 4. The predicted octanol–water partition coefficient (Wildman–Crippen LogP) is 5.23. The van der Waals surface area contributed by atoms with E-state index in [2.05, 4.69) is 96.9 Å². The Hall–Kier alpha value is -2.62. The first-order chi connectivity index (χ1) is 14.1. The van der Waals surface area contributed by atoms with Gasteiger partial charge in [-0.05, 0) is 75.6 Å². The van der Waals surface area contributed by atoms with Crippen LogP contribution in [0.1, 0.15) is 44.4 Å². The van der Waals surface area contributed by atoms with Crippen LogP contribution in [-0.2, 0) is 0 Å². The van der Waals surface area contributed by atoms with Crippen LogP contribution in [0.5, 0.6) is 0 Å². The summed E-state index contributed by atoms with van der Waals surface area (Å²) in [5.74, 6) is 0. The molecular formula is C25H36N4. The van der Waals surface area contributed by atoms with E-state index in [-0.39, 0.29) is 0 Å². The number of aryl methyl sites for hydroxylation is 1. The van der Waals surface area contributed by atoms with Crippen LogP contribution in [0, 0.1) is 6.92 Å². The maximum atomic E-state index is 4.55. The molecule has 2 aromatic carbocycles. The minimum absolute atomic E-state index is 0.699. The van der Waals surface area contributed by atoms with Crippen molar-refractivity contribution >= 4 is 23.8 Å². The SMILES string of the molecule is CCN(CC)c1ccc(C=NCCN=Cc2ccc(N(CC)CC)cc2C)cc1. The molecule has 2 aromatic rings. The van der Waals surface area contributed by atoms with E-state index in [0.29, 0.717) is 13.1 Å². The fourth-order valence-corrected chi connectivity index (χ4v) is 3.40. The lowest BCUT2D eigenvalue weighted by Gasteiger charge is -2.21. The van der Waals surface area contributed by atoms with E-state index in [0.717, 1.165) is 31.7 Å². The molecule has 0 aliphatic rings. The Labute approximate surface area is 177 Å². The molecule has 0 aromatic heterocycles. The summed E-state index contributed by atoms with van der Waals surface area (Å²) in [6, 6.07) is 15.2. The summed E-state index contributed by atoms with van der Waals surface area (Å²) in [6.45, 7) is 16.4. The highest BCUT2D eigenvalue weighted by Gasteiger charge is 2.03. The Bertz CT molecular complexity index is 785. The fraction of sp³-hybridized carbons (Fsp3) is 0.440. The van der Waals surface area contributed by atoms with Crippen molar-refractivity contribution in [2.75, 3.05) is 49.1 Å². The molecule has 4 heteroatoms. The van der Waals surface area contributed by atoms with Crippen molar-refractivity contribution in [2.24, 2.45) is 9.98 Å². The Morgan fingerprint density at radius 2 is 1.21 bits per heavy atom. The molecule has 2 rings (SSSR count). The highest BCUT2D eigenvalue weighted by molar-refractivity contribution is 5.83. The molecule has 156 valence electrons. The molecule has 0 spiro atoms. The number of hydrogen-bond donors (Lipinski definition) is 0. The quantitative estimate of drug-likeness (QED) is 0.387. The van der Waals surface area contributed by atoms with Crippen molar-refractivity contribution in [1.82, 2.24) is 0 Å². The molecular weight excluding hydrogens is 356 g/mol. The van der Waals surface area contributed by atoms with E-state index >= 15 is 0 Å². The Balaban J connectivity index is 1.84. The molecule has 0 saturated heterocycles. The molecule has 0 fully saturated rings. The molecule has 0 aliphatic carbocycles. The summed E-state index contributed by atoms with van der Waals surface area (Å²) >= 11 is 0. The highest BCUT2D eigenvalue weighted by Crippen LogP contribution is 2.18. The molecule has 0 heterocycles. The molecule has 0 unspecified atom stereocenters. The maximum Gasteiger partial charge on any atom is 0.0585 e. The zero-order valence-corrected chi connectivity index (χ0v) is 18.7. The van der Waals surface area contributed by atoms with Gasteiger partial charge in [0.15, 0.2) is 0 Å². The van der Waals surface area contributed by atoms with Gasteiger partial charge in [0.1, 0.15) is 0 Å². The van der Waals surface area contributed by atoms with Gasteiger partial charge >= 0.3 is 0 Å². The second kappa shape index (κ2) is 12.1. The van der Waals surface area contributed by atoms with E-state index in [9.17, 15) is 0 Å². The molecule has 0 radical (unpaired) electrons. The van der Waals surface area contributed by atoms with Gasteiger partial charge in [0.2, 0.25) is 0 Å². The second-order valence-electron chi connectivity index (χ2n) is 7.05. The van der Waals surface area contributed by atoms with Crippen molar-refractivity contribution in [1.29, 1.82) is 0 Å². The molecule has 4 nitrogen and oxygen atoms in total. The maximum absolute atomic E-state index is 4.55. The standard InChI is InChI=1S/C25H36N4/c1-6-28(7-2)24-13-10-22(11-14-24)19-26-16-17-27-20-23-12-15-25(18-21(23)5)29(8-3)9-4/h10-15,18-20H,6-9,16-17H2,1-5H3. The highest BCUT2D eigenvalue weighted by atomic mass is 15.1. The first kappa shape index (κ1) is 22.7. The van der Waals surface area contributed by atoms with Gasteiger partial charge in [-0.25, -0.2) is 0 Å². The lowest BCUT2D eigenvalue weighted by Crippen LogP contribution is -2.21. The predicted molar refractivity (Wildman–Crippen MR) is 130 cm³/mol. The third-order valence-electron chi connectivity index (χ3n) is 5.23. The summed E-state index contributed by atoms with van der Waals surface area (Å²) in [4.78, 5) is 13.8. The van der Waals surface area contributed by atoms with Gasteiger partial charge < -0.3 is 9.80 Å². The Morgan fingerprint density at radius 1 is 0.690 bits per heavy atom. The van der Waals surface area contributed by atoms with Crippen molar-refractivity contribution in [2.45, 2.75) is 34.6 Å². The van der Waals surface area contributed by atoms with E-state index in [1.165, 1.54) is 22.5 Å². The first-order valence-corrected chi connectivity index (χ1v) is 10.8. The van der Waals surface area contributed by atoms with E-state index < -0.39 is 0 Å². The lowest BCUT2D eigenvalue weighted by atomic mass is 10.1. The first-order valence-electron chi connectivity index (χ1n) is 10.8. The Morgan fingerprint density at radius 3 is 1.76 bits per heavy atom. The monoisotopic (exact) mass is 392 g/mol. The molecule has 0 aliphatic heterocycles. The van der Waals surface area contributed by atoms with Gasteiger partial charge in [-0.1, -0.05) is 18.2 Å².